The molecule has 1 N–H and O–H groups in total. The molecule has 1 aromatic carbocycles. The molecule has 2 rings (SSSR count). The third kappa shape index (κ3) is 2.43. The van der Waals surface area contributed by atoms with Gasteiger partial charge in [-0.25, -0.2) is 4.39 Å². The van der Waals surface area contributed by atoms with E-state index in [0.29, 0.717) is 12.2 Å². The number of aliphatic hydroxyl groups is 1. The van der Waals surface area contributed by atoms with Crippen LogP contribution >= 0.6 is 0 Å². The van der Waals surface area contributed by atoms with Crippen LogP contribution in [0.5, 0.6) is 0 Å². The van der Waals surface area contributed by atoms with Crippen LogP contribution in [-0.4, -0.2) is 15.2 Å². The van der Waals surface area contributed by atoms with Crippen LogP contribution < -0.4 is 0 Å². The van der Waals surface area contributed by atoms with Gasteiger partial charge in [-0.1, -0.05) is 17.3 Å². The Morgan fingerprint density at radius 1 is 1.50 bits per heavy atom. The average Bonchev–Trinajstić information content (AvgIpc) is 2.66. The first-order valence-electron chi connectivity index (χ1n) is 4.90. The Labute approximate surface area is 91.7 Å². The van der Waals surface area contributed by atoms with Crippen LogP contribution in [-0.2, 0) is 6.42 Å². The number of rotatable bonds is 3. The van der Waals surface area contributed by atoms with E-state index in [9.17, 15) is 9.50 Å². The van der Waals surface area contributed by atoms with E-state index in [4.69, 9.17) is 4.52 Å². The highest BCUT2D eigenvalue weighted by molar-refractivity contribution is 5.19. The summed E-state index contributed by atoms with van der Waals surface area (Å²) >= 11 is 0. The van der Waals surface area contributed by atoms with E-state index >= 15 is 0 Å². The van der Waals surface area contributed by atoms with Gasteiger partial charge >= 0.3 is 0 Å². The molecule has 5 heteroatoms. The minimum absolute atomic E-state index is 0.173. The van der Waals surface area contributed by atoms with E-state index in [1.807, 2.05) is 0 Å². The molecular weight excluding hydrogens is 211 g/mol. The van der Waals surface area contributed by atoms with Crippen molar-refractivity contribution in [3.63, 3.8) is 0 Å². The molecular formula is C11H11FN2O2. The summed E-state index contributed by atoms with van der Waals surface area (Å²) in [7, 11) is 0. The van der Waals surface area contributed by atoms with E-state index in [-0.39, 0.29) is 11.7 Å². The highest BCUT2D eigenvalue weighted by Crippen LogP contribution is 2.12. The Kier molecular flexibility index (Phi) is 2.96. The van der Waals surface area contributed by atoms with Crippen molar-refractivity contribution in [1.82, 2.24) is 10.1 Å². The average molecular weight is 222 g/mol. The standard InChI is InChI=1S/C11H11FN2O2/c1-7(15)11-13-10(14-16-11)6-8-3-2-4-9(12)5-8/h2-5,7,15H,6H2,1H3/t7-/m0/s1. The molecule has 0 spiro atoms. The molecule has 1 atom stereocenters. The van der Waals surface area contributed by atoms with E-state index in [2.05, 4.69) is 10.1 Å². The molecule has 0 aliphatic rings. The van der Waals surface area contributed by atoms with Crippen molar-refractivity contribution in [3.8, 4) is 0 Å². The van der Waals surface area contributed by atoms with Crippen molar-refractivity contribution in [3.05, 3.63) is 47.4 Å². The maximum Gasteiger partial charge on any atom is 0.255 e. The first-order chi connectivity index (χ1) is 7.65. The molecule has 0 radical (unpaired) electrons. The van der Waals surface area contributed by atoms with Gasteiger partial charge in [0.15, 0.2) is 5.82 Å². The van der Waals surface area contributed by atoms with Gasteiger partial charge in [-0.2, -0.15) is 4.98 Å². The first-order valence-corrected chi connectivity index (χ1v) is 4.90. The van der Waals surface area contributed by atoms with E-state index in [1.165, 1.54) is 12.1 Å². The van der Waals surface area contributed by atoms with E-state index in [1.54, 1.807) is 19.1 Å². The largest absolute Gasteiger partial charge is 0.384 e. The second-order valence-electron chi connectivity index (χ2n) is 3.53. The second kappa shape index (κ2) is 4.40. The zero-order valence-electron chi connectivity index (χ0n) is 8.72. The number of halogens is 1. The van der Waals surface area contributed by atoms with Gasteiger partial charge in [0.2, 0.25) is 0 Å². The summed E-state index contributed by atoms with van der Waals surface area (Å²) in [5, 5.41) is 12.9. The molecule has 0 fully saturated rings. The van der Waals surface area contributed by atoms with Gasteiger partial charge in [-0.15, -0.1) is 0 Å². The Hall–Kier alpha value is -1.75. The molecule has 0 saturated carbocycles. The molecule has 0 bridgehead atoms. The minimum Gasteiger partial charge on any atom is -0.384 e. The van der Waals surface area contributed by atoms with E-state index in [0.717, 1.165) is 5.56 Å². The Balaban J connectivity index is 2.14. The molecule has 0 saturated heterocycles. The lowest BCUT2D eigenvalue weighted by molar-refractivity contribution is 0.151. The molecule has 1 heterocycles. The minimum atomic E-state index is -0.784. The summed E-state index contributed by atoms with van der Waals surface area (Å²) in [4.78, 5) is 3.98. The van der Waals surface area contributed by atoms with Crippen LogP contribution in [0.3, 0.4) is 0 Å². The highest BCUT2D eigenvalue weighted by atomic mass is 19.1. The van der Waals surface area contributed by atoms with Gasteiger partial charge in [0.05, 0.1) is 0 Å². The summed E-state index contributed by atoms with van der Waals surface area (Å²) in [6, 6.07) is 6.20. The normalized spacial score (nSPS) is 12.7. The molecule has 4 nitrogen and oxygen atoms in total. The maximum absolute atomic E-state index is 12.9. The summed E-state index contributed by atoms with van der Waals surface area (Å²) in [5.41, 5.74) is 0.762. The lowest BCUT2D eigenvalue weighted by Gasteiger charge is -1.96. The zero-order valence-corrected chi connectivity index (χ0v) is 8.72. The van der Waals surface area contributed by atoms with Crippen molar-refractivity contribution < 1.29 is 14.0 Å². The van der Waals surface area contributed by atoms with Crippen LogP contribution in [0, 0.1) is 5.82 Å². The fourth-order valence-corrected chi connectivity index (χ4v) is 1.34. The molecule has 0 aliphatic carbocycles. The summed E-state index contributed by atoms with van der Waals surface area (Å²) in [6.45, 7) is 1.54. The van der Waals surface area contributed by atoms with Crippen LogP contribution in [0.15, 0.2) is 28.8 Å². The maximum atomic E-state index is 12.9. The molecule has 84 valence electrons. The smallest absolute Gasteiger partial charge is 0.255 e. The summed E-state index contributed by atoms with van der Waals surface area (Å²) in [5.74, 6) is 0.310. The van der Waals surface area contributed by atoms with E-state index < -0.39 is 6.10 Å². The number of aromatic nitrogens is 2. The SMILES string of the molecule is C[C@H](O)c1nc(Cc2cccc(F)c2)no1. The lowest BCUT2D eigenvalue weighted by atomic mass is 10.1. The topological polar surface area (TPSA) is 59.2 Å². The van der Waals surface area contributed by atoms with Gasteiger partial charge in [-0.3, -0.25) is 0 Å². The van der Waals surface area contributed by atoms with Crippen LogP contribution in [0.4, 0.5) is 4.39 Å². The van der Waals surface area contributed by atoms with Crippen molar-refractivity contribution in [2.24, 2.45) is 0 Å². The second-order valence-corrected chi connectivity index (χ2v) is 3.53. The van der Waals surface area contributed by atoms with Crippen LogP contribution in [0.25, 0.3) is 0 Å². The van der Waals surface area contributed by atoms with Crippen LogP contribution in [0.1, 0.15) is 30.3 Å². The van der Waals surface area contributed by atoms with Crippen molar-refractivity contribution in [1.29, 1.82) is 0 Å². The number of hydrogen-bond donors (Lipinski definition) is 1. The van der Waals surface area contributed by atoms with Gasteiger partial charge in [0.25, 0.3) is 5.89 Å². The number of aliphatic hydroxyl groups excluding tert-OH is 1. The molecule has 0 aliphatic heterocycles. The third-order valence-electron chi connectivity index (χ3n) is 2.09. The fourth-order valence-electron chi connectivity index (χ4n) is 1.34. The molecule has 0 unspecified atom stereocenters. The summed E-state index contributed by atoms with van der Waals surface area (Å²) in [6.07, 6.45) is -0.401. The summed E-state index contributed by atoms with van der Waals surface area (Å²) < 4.78 is 17.7. The first kappa shape index (κ1) is 10.8. The molecule has 0 amide bonds. The number of nitrogens with zero attached hydrogens (tertiary/aromatic N) is 2. The quantitative estimate of drug-likeness (QED) is 0.861. The van der Waals surface area contributed by atoms with Gasteiger partial charge < -0.3 is 9.63 Å². The third-order valence-corrected chi connectivity index (χ3v) is 2.09. The van der Waals surface area contributed by atoms with Gasteiger partial charge in [0, 0.05) is 6.42 Å². The van der Waals surface area contributed by atoms with Gasteiger partial charge in [-0.05, 0) is 24.6 Å². The molecule has 2 aromatic rings. The van der Waals surface area contributed by atoms with Crippen molar-refractivity contribution in [2.45, 2.75) is 19.4 Å². The number of benzene rings is 1. The predicted octanol–water partition coefficient (Wildman–Crippen LogP) is 1.85. The Bertz CT molecular complexity index is 482. The number of hydrogen-bond acceptors (Lipinski definition) is 4. The van der Waals surface area contributed by atoms with Crippen molar-refractivity contribution >= 4 is 0 Å². The van der Waals surface area contributed by atoms with Gasteiger partial charge in [0.1, 0.15) is 11.9 Å². The molecule has 1 aromatic heterocycles. The Morgan fingerprint density at radius 2 is 2.31 bits per heavy atom. The highest BCUT2D eigenvalue weighted by Gasteiger charge is 2.11. The lowest BCUT2D eigenvalue weighted by Crippen LogP contribution is -1.94. The zero-order chi connectivity index (χ0) is 11.5. The van der Waals surface area contributed by atoms with Crippen molar-refractivity contribution in [2.75, 3.05) is 0 Å². The van der Waals surface area contributed by atoms with Crippen LogP contribution in [0.2, 0.25) is 0 Å². The fraction of sp³-hybridized carbons (Fsp3) is 0.273. The Morgan fingerprint density at radius 3 is 2.94 bits per heavy atom. The monoisotopic (exact) mass is 222 g/mol. The molecule has 16 heavy (non-hydrogen) atoms. The predicted molar refractivity (Wildman–Crippen MR) is 54.1 cm³/mol.